The summed E-state index contributed by atoms with van der Waals surface area (Å²) in [4.78, 5) is 11.7. The number of halogens is 2. The van der Waals surface area contributed by atoms with Gasteiger partial charge in [-0.1, -0.05) is 0 Å². The number of ether oxygens (including phenoxy) is 2. The molecule has 1 aliphatic rings. The molecule has 21 heavy (non-hydrogen) atoms. The van der Waals surface area contributed by atoms with Gasteiger partial charge >= 0.3 is 0 Å². The second-order valence-corrected chi connectivity index (χ2v) is 4.51. The molecule has 5 nitrogen and oxygen atoms in total. The fraction of sp³-hybridized carbons (Fsp3) is 0.500. The van der Waals surface area contributed by atoms with E-state index in [0.29, 0.717) is 38.5 Å². The van der Waals surface area contributed by atoms with Gasteiger partial charge in [0, 0.05) is 19.6 Å². The summed E-state index contributed by atoms with van der Waals surface area (Å²) in [6.45, 7) is 2.90. The van der Waals surface area contributed by atoms with Crippen molar-refractivity contribution in [3.63, 3.8) is 0 Å². The summed E-state index contributed by atoms with van der Waals surface area (Å²) in [7, 11) is 0. The fourth-order valence-electron chi connectivity index (χ4n) is 1.85. The molecule has 1 heterocycles. The van der Waals surface area contributed by atoms with Gasteiger partial charge in [0.25, 0.3) is 0 Å². The average Bonchev–Trinajstić information content (AvgIpc) is 2.49. The summed E-state index contributed by atoms with van der Waals surface area (Å²) in [5, 5.41) is 5.91. The van der Waals surface area contributed by atoms with E-state index in [1.807, 2.05) is 0 Å². The Balaban J connectivity index is 0.00000220. The van der Waals surface area contributed by atoms with Crippen LogP contribution in [0.15, 0.2) is 24.3 Å². The van der Waals surface area contributed by atoms with Gasteiger partial charge < -0.3 is 20.1 Å². The maximum atomic E-state index is 12.7. The normalized spacial score (nSPS) is 17.7. The van der Waals surface area contributed by atoms with Gasteiger partial charge in [0.15, 0.2) is 0 Å². The van der Waals surface area contributed by atoms with Gasteiger partial charge in [0.05, 0.1) is 13.2 Å². The number of morpholine rings is 1. The highest BCUT2D eigenvalue weighted by Gasteiger charge is 2.20. The minimum Gasteiger partial charge on any atom is -0.494 e. The van der Waals surface area contributed by atoms with E-state index in [0.717, 1.165) is 6.54 Å². The van der Waals surface area contributed by atoms with Crippen molar-refractivity contribution in [2.75, 3.05) is 32.8 Å². The van der Waals surface area contributed by atoms with E-state index in [9.17, 15) is 9.18 Å². The maximum Gasteiger partial charge on any atom is 0.250 e. The second kappa shape index (κ2) is 9.55. The van der Waals surface area contributed by atoms with Gasteiger partial charge in [-0.05, 0) is 30.7 Å². The molecule has 0 radical (unpaired) electrons. The zero-order chi connectivity index (χ0) is 14.2. The Bertz CT molecular complexity index is 425. The molecule has 0 bridgehead atoms. The Labute approximate surface area is 129 Å². The first-order chi connectivity index (χ1) is 9.75. The van der Waals surface area contributed by atoms with Crippen LogP contribution in [0.1, 0.15) is 6.42 Å². The van der Waals surface area contributed by atoms with E-state index in [4.69, 9.17) is 9.47 Å². The summed E-state index contributed by atoms with van der Waals surface area (Å²) in [5.74, 6) is 0.238. The molecule has 1 atom stereocenters. The fourth-order valence-corrected chi connectivity index (χ4v) is 1.85. The summed E-state index contributed by atoms with van der Waals surface area (Å²) >= 11 is 0. The number of rotatable bonds is 6. The molecule has 1 unspecified atom stereocenters. The number of nitrogens with one attached hydrogen (secondary N) is 2. The number of amides is 1. The summed E-state index contributed by atoms with van der Waals surface area (Å²) in [6.07, 6.45) is 0.283. The highest BCUT2D eigenvalue weighted by atomic mass is 35.5. The van der Waals surface area contributed by atoms with Gasteiger partial charge in [0.1, 0.15) is 17.7 Å². The lowest BCUT2D eigenvalue weighted by Crippen LogP contribution is -2.48. The molecular formula is C14H20ClFN2O3. The van der Waals surface area contributed by atoms with Gasteiger partial charge in [-0.2, -0.15) is 0 Å². The molecule has 118 valence electrons. The van der Waals surface area contributed by atoms with Crippen molar-refractivity contribution in [1.82, 2.24) is 10.6 Å². The van der Waals surface area contributed by atoms with Crippen LogP contribution in [-0.2, 0) is 9.53 Å². The van der Waals surface area contributed by atoms with Crippen molar-refractivity contribution in [1.29, 1.82) is 0 Å². The van der Waals surface area contributed by atoms with Crippen LogP contribution in [0.4, 0.5) is 4.39 Å². The zero-order valence-corrected chi connectivity index (χ0v) is 12.5. The molecule has 0 spiro atoms. The zero-order valence-electron chi connectivity index (χ0n) is 11.6. The van der Waals surface area contributed by atoms with Crippen molar-refractivity contribution >= 4 is 18.3 Å². The topological polar surface area (TPSA) is 59.6 Å². The lowest BCUT2D eigenvalue weighted by molar-refractivity contribution is -0.134. The van der Waals surface area contributed by atoms with Gasteiger partial charge in [0.2, 0.25) is 5.91 Å². The number of hydrogen-bond acceptors (Lipinski definition) is 4. The molecule has 0 saturated carbocycles. The third kappa shape index (κ3) is 6.29. The summed E-state index contributed by atoms with van der Waals surface area (Å²) < 4.78 is 23.4. The molecular weight excluding hydrogens is 299 g/mol. The van der Waals surface area contributed by atoms with E-state index in [1.54, 1.807) is 12.1 Å². The van der Waals surface area contributed by atoms with E-state index in [-0.39, 0.29) is 24.1 Å². The lowest BCUT2D eigenvalue weighted by Gasteiger charge is -2.22. The molecule has 0 aromatic heterocycles. The van der Waals surface area contributed by atoms with E-state index in [2.05, 4.69) is 10.6 Å². The van der Waals surface area contributed by atoms with E-state index >= 15 is 0 Å². The summed E-state index contributed by atoms with van der Waals surface area (Å²) in [6, 6.07) is 5.86. The van der Waals surface area contributed by atoms with Crippen LogP contribution in [-0.4, -0.2) is 44.9 Å². The van der Waals surface area contributed by atoms with Crippen LogP contribution < -0.4 is 15.4 Å². The molecule has 0 aliphatic carbocycles. The highest BCUT2D eigenvalue weighted by Crippen LogP contribution is 2.10. The standard InChI is InChI=1S/C14H19FN2O3.ClH/c15-11-2-4-12(5-3-11)19-8-1-6-17-14(18)13-10-16-7-9-20-13;/h2-5,13,16H,1,6-10H2,(H,17,18);1H. The molecule has 1 saturated heterocycles. The third-order valence-corrected chi connectivity index (χ3v) is 2.92. The Morgan fingerprint density at radius 3 is 2.86 bits per heavy atom. The van der Waals surface area contributed by atoms with Crippen molar-refractivity contribution in [3.05, 3.63) is 30.1 Å². The first-order valence-corrected chi connectivity index (χ1v) is 6.74. The Morgan fingerprint density at radius 1 is 1.43 bits per heavy atom. The average molecular weight is 319 g/mol. The Morgan fingerprint density at radius 2 is 2.19 bits per heavy atom. The summed E-state index contributed by atoms with van der Waals surface area (Å²) in [5.41, 5.74) is 0. The highest BCUT2D eigenvalue weighted by molar-refractivity contribution is 5.85. The number of hydrogen-bond donors (Lipinski definition) is 2. The largest absolute Gasteiger partial charge is 0.494 e. The van der Waals surface area contributed by atoms with Gasteiger partial charge in [-0.25, -0.2) is 4.39 Å². The van der Waals surface area contributed by atoms with Gasteiger partial charge in [-0.15, -0.1) is 12.4 Å². The minimum atomic E-state index is -0.401. The quantitative estimate of drug-likeness (QED) is 0.772. The molecule has 1 aromatic rings. The van der Waals surface area contributed by atoms with Crippen molar-refractivity contribution in [3.8, 4) is 5.75 Å². The van der Waals surface area contributed by atoms with Crippen molar-refractivity contribution in [2.24, 2.45) is 0 Å². The molecule has 2 N–H and O–H groups in total. The SMILES string of the molecule is Cl.O=C(NCCCOc1ccc(F)cc1)C1CNCCO1. The van der Waals surface area contributed by atoms with E-state index < -0.39 is 6.10 Å². The van der Waals surface area contributed by atoms with Crippen LogP contribution in [0, 0.1) is 5.82 Å². The second-order valence-electron chi connectivity index (χ2n) is 4.51. The van der Waals surface area contributed by atoms with Gasteiger partial charge in [-0.3, -0.25) is 4.79 Å². The van der Waals surface area contributed by atoms with Crippen LogP contribution in [0.2, 0.25) is 0 Å². The predicted molar refractivity (Wildman–Crippen MR) is 79.4 cm³/mol. The monoisotopic (exact) mass is 318 g/mol. The van der Waals surface area contributed by atoms with Crippen LogP contribution in [0.25, 0.3) is 0 Å². The first kappa shape index (κ1) is 17.7. The molecule has 1 amide bonds. The van der Waals surface area contributed by atoms with Crippen LogP contribution in [0.3, 0.4) is 0 Å². The molecule has 1 aromatic carbocycles. The third-order valence-electron chi connectivity index (χ3n) is 2.92. The predicted octanol–water partition coefficient (Wildman–Crippen LogP) is 1.12. The lowest BCUT2D eigenvalue weighted by atomic mass is 10.3. The number of carbonyl (C=O) groups is 1. The van der Waals surface area contributed by atoms with Crippen LogP contribution in [0.5, 0.6) is 5.75 Å². The van der Waals surface area contributed by atoms with Crippen molar-refractivity contribution < 1.29 is 18.7 Å². The number of carbonyl (C=O) groups excluding carboxylic acids is 1. The number of benzene rings is 1. The first-order valence-electron chi connectivity index (χ1n) is 6.74. The van der Waals surface area contributed by atoms with Crippen LogP contribution >= 0.6 is 12.4 Å². The minimum absolute atomic E-state index is 0. The maximum absolute atomic E-state index is 12.7. The Hall–Kier alpha value is -1.37. The Kier molecular flexibility index (Phi) is 8.04. The van der Waals surface area contributed by atoms with E-state index in [1.165, 1.54) is 12.1 Å². The molecule has 7 heteroatoms. The smallest absolute Gasteiger partial charge is 0.250 e. The van der Waals surface area contributed by atoms with Crippen molar-refractivity contribution in [2.45, 2.75) is 12.5 Å². The molecule has 1 aliphatic heterocycles. The molecule has 2 rings (SSSR count). The molecule has 1 fully saturated rings.